The number of aliphatic imine (C=N–C) groups is 1. The first-order chi connectivity index (χ1) is 12.2. The van der Waals surface area contributed by atoms with Gasteiger partial charge in [0.25, 0.3) is 0 Å². The van der Waals surface area contributed by atoms with E-state index in [-0.39, 0.29) is 24.0 Å². The first kappa shape index (κ1) is 21.0. The van der Waals surface area contributed by atoms with Gasteiger partial charge in [-0.15, -0.1) is 35.3 Å². The Balaban J connectivity index is 0.00000243. The van der Waals surface area contributed by atoms with Crippen LogP contribution < -0.4 is 15.5 Å². The molecule has 3 heterocycles. The highest BCUT2D eigenvalue weighted by molar-refractivity contribution is 14.0. The lowest BCUT2D eigenvalue weighted by Crippen LogP contribution is -2.48. The summed E-state index contributed by atoms with van der Waals surface area (Å²) < 4.78 is 5.61. The van der Waals surface area contributed by atoms with Crippen LogP contribution in [-0.4, -0.2) is 36.6 Å². The van der Waals surface area contributed by atoms with Crippen LogP contribution in [0.25, 0.3) is 0 Å². The van der Waals surface area contributed by atoms with Gasteiger partial charge in [0.15, 0.2) is 5.96 Å². The van der Waals surface area contributed by atoms with Crippen LogP contribution in [-0.2, 0) is 6.54 Å². The molecule has 144 valence electrons. The molecule has 3 rings (SSSR count). The molecule has 2 aromatic rings. The Kier molecular flexibility index (Phi) is 8.20. The molecule has 0 atom stereocenters. The van der Waals surface area contributed by atoms with Crippen molar-refractivity contribution in [3.63, 3.8) is 0 Å². The number of nitrogens with zero attached hydrogens (tertiary/aromatic N) is 3. The molecule has 0 amide bonds. The lowest BCUT2D eigenvalue weighted by atomic mass is 10.1. The Morgan fingerprint density at radius 2 is 2.15 bits per heavy atom. The van der Waals surface area contributed by atoms with Crippen molar-refractivity contribution in [1.82, 2.24) is 15.6 Å². The average molecular weight is 489 g/mol. The maximum Gasteiger partial charge on any atom is 0.216 e. The predicted molar refractivity (Wildman–Crippen MR) is 119 cm³/mol. The fraction of sp³-hybridized carbons (Fsp3) is 0.556. The molecule has 1 aliphatic heterocycles. The second-order valence-electron chi connectivity index (χ2n) is 6.30. The van der Waals surface area contributed by atoms with Crippen molar-refractivity contribution < 1.29 is 4.42 Å². The molecule has 2 aromatic heterocycles. The van der Waals surface area contributed by atoms with Crippen molar-refractivity contribution in [2.75, 3.05) is 24.5 Å². The molecule has 1 fully saturated rings. The second-order valence-corrected chi connectivity index (χ2v) is 7.23. The minimum atomic E-state index is 0. The van der Waals surface area contributed by atoms with Gasteiger partial charge in [-0.3, -0.25) is 0 Å². The van der Waals surface area contributed by atoms with E-state index in [4.69, 9.17) is 4.42 Å². The van der Waals surface area contributed by atoms with E-state index >= 15 is 0 Å². The molecule has 1 saturated heterocycles. The van der Waals surface area contributed by atoms with E-state index in [9.17, 15) is 0 Å². The van der Waals surface area contributed by atoms with Crippen molar-refractivity contribution in [2.45, 2.75) is 46.2 Å². The molecule has 0 unspecified atom stereocenters. The minimum Gasteiger partial charge on any atom is -0.444 e. The highest BCUT2D eigenvalue weighted by Gasteiger charge is 2.20. The quantitative estimate of drug-likeness (QED) is 0.381. The van der Waals surface area contributed by atoms with E-state index in [1.807, 2.05) is 25.2 Å². The molecule has 1 aliphatic rings. The number of hydrogen-bond acceptors (Lipinski definition) is 5. The summed E-state index contributed by atoms with van der Waals surface area (Å²) in [6, 6.07) is 4.76. The molecule has 2 N–H and O–H groups in total. The van der Waals surface area contributed by atoms with Gasteiger partial charge in [0.1, 0.15) is 12.3 Å². The molecule has 0 spiro atoms. The van der Waals surface area contributed by atoms with Gasteiger partial charge in [-0.2, -0.15) is 0 Å². The van der Waals surface area contributed by atoms with Gasteiger partial charge in [0, 0.05) is 25.7 Å². The van der Waals surface area contributed by atoms with Crippen molar-refractivity contribution in [3.05, 3.63) is 34.9 Å². The summed E-state index contributed by atoms with van der Waals surface area (Å²) in [6.45, 7) is 9.42. The molecule has 0 saturated carbocycles. The summed E-state index contributed by atoms with van der Waals surface area (Å²) in [7, 11) is 0. The third kappa shape index (κ3) is 5.60. The number of guanidine groups is 1. The third-order valence-corrected chi connectivity index (χ3v) is 5.37. The van der Waals surface area contributed by atoms with Crippen LogP contribution in [0.3, 0.4) is 0 Å². The monoisotopic (exact) mass is 489 g/mol. The zero-order valence-corrected chi connectivity index (χ0v) is 18.8. The van der Waals surface area contributed by atoms with Gasteiger partial charge in [0.2, 0.25) is 5.89 Å². The van der Waals surface area contributed by atoms with Gasteiger partial charge >= 0.3 is 0 Å². The molecule has 0 aromatic carbocycles. The highest BCUT2D eigenvalue weighted by atomic mass is 127. The largest absolute Gasteiger partial charge is 0.444 e. The van der Waals surface area contributed by atoms with Gasteiger partial charge < -0.3 is 20.0 Å². The minimum absolute atomic E-state index is 0. The fourth-order valence-electron chi connectivity index (χ4n) is 2.96. The Morgan fingerprint density at radius 3 is 2.73 bits per heavy atom. The first-order valence-corrected chi connectivity index (χ1v) is 9.80. The van der Waals surface area contributed by atoms with E-state index in [0.717, 1.165) is 49.9 Å². The van der Waals surface area contributed by atoms with Crippen molar-refractivity contribution in [3.8, 4) is 0 Å². The van der Waals surface area contributed by atoms with Crippen LogP contribution in [0.1, 0.15) is 37.1 Å². The first-order valence-electron chi connectivity index (χ1n) is 8.92. The van der Waals surface area contributed by atoms with E-state index in [1.165, 1.54) is 5.00 Å². The van der Waals surface area contributed by atoms with Gasteiger partial charge in [-0.1, -0.05) is 0 Å². The molecular weight excluding hydrogens is 461 g/mol. The lowest BCUT2D eigenvalue weighted by molar-refractivity contribution is 0.458. The highest BCUT2D eigenvalue weighted by Crippen LogP contribution is 2.24. The van der Waals surface area contributed by atoms with Crippen LogP contribution >= 0.6 is 35.3 Å². The lowest BCUT2D eigenvalue weighted by Gasteiger charge is -2.33. The Labute approximate surface area is 176 Å². The number of thiophene rings is 1. The van der Waals surface area contributed by atoms with Gasteiger partial charge in [0.05, 0.1) is 10.7 Å². The predicted octanol–water partition coefficient (Wildman–Crippen LogP) is 3.70. The summed E-state index contributed by atoms with van der Waals surface area (Å²) >= 11 is 1.81. The Hall–Kier alpha value is -1.29. The molecule has 26 heavy (non-hydrogen) atoms. The number of aromatic nitrogens is 1. The number of hydrogen-bond donors (Lipinski definition) is 2. The standard InChI is InChI=1S/C18H27N5OS.HI/c1-4-19-18(20-12-16-21-13(2)14(3)24-16)22-15-7-9-23(10-8-15)17-6-5-11-25-17;/h5-6,11,15H,4,7-10,12H2,1-3H3,(H2,19,20,22);1H. The second kappa shape index (κ2) is 10.1. The smallest absolute Gasteiger partial charge is 0.216 e. The summed E-state index contributed by atoms with van der Waals surface area (Å²) in [5.74, 6) is 2.37. The third-order valence-electron chi connectivity index (χ3n) is 4.44. The number of halogens is 1. The maximum atomic E-state index is 5.61. The van der Waals surface area contributed by atoms with Crippen LogP contribution in [0.15, 0.2) is 26.9 Å². The van der Waals surface area contributed by atoms with Crippen molar-refractivity contribution in [1.29, 1.82) is 0 Å². The summed E-state index contributed by atoms with van der Waals surface area (Å²) in [4.78, 5) is 11.5. The molecule has 8 heteroatoms. The average Bonchev–Trinajstić information content (AvgIpc) is 3.24. The van der Waals surface area contributed by atoms with Gasteiger partial charge in [-0.25, -0.2) is 9.98 Å². The summed E-state index contributed by atoms with van der Waals surface area (Å²) in [6.07, 6.45) is 2.22. The number of anilines is 1. The Bertz CT molecular complexity index is 673. The van der Waals surface area contributed by atoms with Crippen LogP contribution in [0, 0.1) is 13.8 Å². The van der Waals surface area contributed by atoms with Crippen LogP contribution in [0.2, 0.25) is 0 Å². The normalized spacial score (nSPS) is 15.7. The number of piperidine rings is 1. The molecule has 0 bridgehead atoms. The van der Waals surface area contributed by atoms with Crippen molar-refractivity contribution in [2.24, 2.45) is 4.99 Å². The van der Waals surface area contributed by atoms with E-state index in [0.29, 0.717) is 18.5 Å². The van der Waals surface area contributed by atoms with Gasteiger partial charge in [-0.05, 0) is 51.1 Å². The molecule has 0 radical (unpaired) electrons. The zero-order chi connectivity index (χ0) is 17.6. The fourth-order valence-corrected chi connectivity index (χ4v) is 3.75. The van der Waals surface area contributed by atoms with Crippen molar-refractivity contribution >= 4 is 46.3 Å². The van der Waals surface area contributed by atoms with E-state index < -0.39 is 0 Å². The summed E-state index contributed by atoms with van der Waals surface area (Å²) in [5.41, 5.74) is 0.934. The topological polar surface area (TPSA) is 65.7 Å². The molecular formula is C18H28IN5OS. The number of rotatable bonds is 5. The van der Waals surface area contributed by atoms with Crippen LogP contribution in [0.5, 0.6) is 0 Å². The Morgan fingerprint density at radius 1 is 1.38 bits per heavy atom. The summed E-state index contributed by atoms with van der Waals surface area (Å²) in [5, 5.41) is 10.4. The maximum absolute atomic E-state index is 5.61. The molecule has 0 aliphatic carbocycles. The SMILES string of the molecule is CCNC(=NCc1nc(C)c(C)o1)NC1CCN(c2cccs2)CC1.I. The zero-order valence-electron chi connectivity index (χ0n) is 15.6. The number of aryl methyl sites for hydroxylation is 2. The van der Waals surface area contributed by atoms with E-state index in [2.05, 4.69) is 49.9 Å². The number of nitrogens with one attached hydrogen (secondary N) is 2. The van der Waals surface area contributed by atoms with Crippen LogP contribution in [0.4, 0.5) is 5.00 Å². The molecule has 6 nitrogen and oxygen atoms in total. The number of oxazole rings is 1. The van der Waals surface area contributed by atoms with E-state index in [1.54, 1.807) is 0 Å².